The lowest BCUT2D eigenvalue weighted by Gasteiger charge is -2.34. The predicted molar refractivity (Wildman–Crippen MR) is 115 cm³/mol. The fraction of sp³-hybridized carbons (Fsp3) is 0.348. The van der Waals surface area contributed by atoms with E-state index in [4.69, 9.17) is 9.47 Å². The molecule has 0 spiro atoms. The average Bonchev–Trinajstić information content (AvgIpc) is 3.04. The molecule has 8 heteroatoms. The van der Waals surface area contributed by atoms with E-state index in [0.29, 0.717) is 41.4 Å². The van der Waals surface area contributed by atoms with Crippen LogP contribution >= 0.6 is 0 Å². The lowest BCUT2D eigenvalue weighted by Crippen LogP contribution is -2.46. The van der Waals surface area contributed by atoms with Crippen molar-refractivity contribution in [2.24, 2.45) is 0 Å². The Hall–Kier alpha value is -3.39. The van der Waals surface area contributed by atoms with Crippen molar-refractivity contribution in [2.45, 2.75) is 6.54 Å². The Balaban J connectivity index is 1.76. The summed E-state index contributed by atoms with van der Waals surface area (Å²) in [4.78, 5) is 36.6. The molecule has 1 aromatic heterocycles. The zero-order valence-corrected chi connectivity index (χ0v) is 18.0. The second-order valence-electron chi connectivity index (χ2n) is 7.64. The van der Waals surface area contributed by atoms with Gasteiger partial charge in [-0.2, -0.15) is 0 Å². The van der Waals surface area contributed by atoms with E-state index in [-0.39, 0.29) is 18.4 Å². The van der Waals surface area contributed by atoms with Crippen LogP contribution in [0.3, 0.4) is 0 Å². The number of imide groups is 1. The highest BCUT2D eigenvalue weighted by molar-refractivity contribution is 6.35. The van der Waals surface area contributed by atoms with E-state index in [9.17, 15) is 9.59 Å². The molecule has 2 amide bonds. The number of hydrogen-bond donors (Lipinski definition) is 0. The van der Waals surface area contributed by atoms with Crippen molar-refractivity contribution in [3.8, 4) is 11.5 Å². The fourth-order valence-electron chi connectivity index (χ4n) is 3.96. The summed E-state index contributed by atoms with van der Waals surface area (Å²) in [6.07, 6.45) is 3.34. The van der Waals surface area contributed by atoms with E-state index in [1.165, 1.54) is 4.90 Å². The van der Waals surface area contributed by atoms with Crippen molar-refractivity contribution in [3.05, 3.63) is 59.5 Å². The number of aromatic nitrogens is 1. The van der Waals surface area contributed by atoms with E-state index in [1.807, 2.05) is 11.0 Å². The minimum atomic E-state index is -0.310. The number of methoxy groups -OCH3 is 2. The highest BCUT2D eigenvalue weighted by Gasteiger charge is 2.42. The Morgan fingerprint density at radius 1 is 0.968 bits per heavy atom. The largest absolute Gasteiger partial charge is 0.493 e. The van der Waals surface area contributed by atoms with Gasteiger partial charge in [0, 0.05) is 38.6 Å². The van der Waals surface area contributed by atoms with Gasteiger partial charge in [-0.15, -0.1) is 0 Å². The van der Waals surface area contributed by atoms with Crippen molar-refractivity contribution in [2.75, 3.05) is 47.4 Å². The summed E-state index contributed by atoms with van der Waals surface area (Å²) in [5.74, 6) is 0.492. The van der Waals surface area contributed by atoms with Gasteiger partial charge >= 0.3 is 0 Å². The first-order chi connectivity index (χ1) is 15.0. The smallest absolute Gasteiger partial charge is 0.278 e. The van der Waals surface area contributed by atoms with Gasteiger partial charge in [-0.05, 0) is 36.4 Å². The fourth-order valence-corrected chi connectivity index (χ4v) is 3.96. The van der Waals surface area contributed by atoms with Gasteiger partial charge in [0.15, 0.2) is 11.5 Å². The van der Waals surface area contributed by atoms with E-state index in [0.717, 1.165) is 18.7 Å². The Kier molecular flexibility index (Phi) is 5.90. The summed E-state index contributed by atoms with van der Waals surface area (Å²) < 4.78 is 10.8. The summed E-state index contributed by atoms with van der Waals surface area (Å²) >= 11 is 0. The van der Waals surface area contributed by atoms with Gasteiger partial charge in [-0.25, -0.2) is 0 Å². The molecule has 0 bridgehead atoms. The van der Waals surface area contributed by atoms with Crippen molar-refractivity contribution in [3.63, 3.8) is 0 Å². The summed E-state index contributed by atoms with van der Waals surface area (Å²) in [6.45, 7) is 3.20. The maximum absolute atomic E-state index is 13.5. The minimum Gasteiger partial charge on any atom is -0.493 e. The van der Waals surface area contributed by atoms with Crippen LogP contribution in [0.2, 0.25) is 0 Å². The molecular weight excluding hydrogens is 396 g/mol. The van der Waals surface area contributed by atoms with E-state index < -0.39 is 0 Å². The number of rotatable bonds is 6. The van der Waals surface area contributed by atoms with Gasteiger partial charge in [0.1, 0.15) is 5.70 Å². The van der Waals surface area contributed by atoms with Gasteiger partial charge in [0.2, 0.25) is 0 Å². The number of hydrogen-bond acceptors (Lipinski definition) is 7. The molecular formula is C23H26N4O4. The molecule has 162 valence electrons. The molecule has 0 atom stereocenters. The van der Waals surface area contributed by atoms with Crippen LogP contribution in [0.4, 0.5) is 0 Å². The number of ether oxygens (including phenoxy) is 2. The third kappa shape index (κ3) is 3.98. The number of amides is 2. The normalized spacial score (nSPS) is 17.5. The maximum atomic E-state index is 13.5. The van der Waals surface area contributed by atoms with Crippen LogP contribution in [0.15, 0.2) is 48.4 Å². The molecule has 1 saturated heterocycles. The second-order valence-corrected chi connectivity index (χ2v) is 7.64. The van der Waals surface area contributed by atoms with Gasteiger partial charge in [0.25, 0.3) is 11.8 Å². The molecule has 0 radical (unpaired) electrons. The molecule has 31 heavy (non-hydrogen) atoms. The van der Waals surface area contributed by atoms with Crippen LogP contribution in [-0.4, -0.2) is 78.9 Å². The van der Waals surface area contributed by atoms with Crippen LogP contribution in [0.1, 0.15) is 11.1 Å². The van der Waals surface area contributed by atoms with Crippen LogP contribution in [0.5, 0.6) is 11.5 Å². The van der Waals surface area contributed by atoms with Gasteiger partial charge in [-0.3, -0.25) is 19.5 Å². The minimum absolute atomic E-state index is 0.180. The molecule has 2 aliphatic rings. The number of pyridine rings is 1. The Labute approximate surface area is 181 Å². The topological polar surface area (TPSA) is 75.2 Å². The molecule has 8 nitrogen and oxygen atoms in total. The van der Waals surface area contributed by atoms with Crippen LogP contribution in [0.25, 0.3) is 5.57 Å². The summed E-state index contributed by atoms with van der Waals surface area (Å²) in [6, 6.07) is 8.96. The van der Waals surface area contributed by atoms with Gasteiger partial charge in [0.05, 0.1) is 26.3 Å². The van der Waals surface area contributed by atoms with Crippen molar-refractivity contribution >= 4 is 17.4 Å². The van der Waals surface area contributed by atoms with Crippen molar-refractivity contribution in [1.82, 2.24) is 19.7 Å². The Morgan fingerprint density at radius 3 is 2.35 bits per heavy atom. The zero-order valence-electron chi connectivity index (χ0n) is 18.0. The van der Waals surface area contributed by atoms with Crippen molar-refractivity contribution in [1.29, 1.82) is 0 Å². The molecule has 2 aliphatic heterocycles. The highest BCUT2D eigenvalue weighted by Crippen LogP contribution is 2.37. The number of likely N-dealkylation sites (N-methyl/N-ethyl adjacent to an activating group) is 1. The molecule has 3 heterocycles. The van der Waals surface area contributed by atoms with Gasteiger partial charge < -0.3 is 19.3 Å². The standard InChI is InChI=1S/C23H26N4O4/c1-25-9-11-26(12-10-25)21-20(17-6-7-18(30-2)19(13-17)31-3)22(28)27(23(21)29)15-16-5-4-8-24-14-16/h4-8,13-14H,9-12,15H2,1-3H3. The van der Waals surface area contributed by atoms with Gasteiger partial charge in [-0.1, -0.05) is 12.1 Å². The van der Waals surface area contributed by atoms with Crippen molar-refractivity contribution < 1.29 is 19.1 Å². The third-order valence-corrected chi connectivity index (χ3v) is 5.70. The van der Waals surface area contributed by atoms with E-state index >= 15 is 0 Å². The Morgan fingerprint density at radius 2 is 1.71 bits per heavy atom. The number of carbonyl (C=O) groups excluding carboxylic acids is 2. The summed E-state index contributed by atoms with van der Waals surface area (Å²) in [7, 11) is 5.16. The summed E-state index contributed by atoms with van der Waals surface area (Å²) in [5.41, 5.74) is 2.29. The highest BCUT2D eigenvalue weighted by atomic mass is 16.5. The monoisotopic (exact) mass is 422 g/mol. The molecule has 2 aromatic rings. The molecule has 4 rings (SSSR count). The average molecular weight is 422 g/mol. The van der Waals surface area contributed by atoms with E-state index in [1.54, 1.807) is 50.9 Å². The molecule has 0 aliphatic carbocycles. The number of nitrogens with zero attached hydrogens (tertiary/aromatic N) is 4. The van der Waals surface area contributed by atoms with Crippen LogP contribution in [0, 0.1) is 0 Å². The van der Waals surface area contributed by atoms with E-state index in [2.05, 4.69) is 16.9 Å². The summed E-state index contributed by atoms with van der Waals surface area (Å²) in [5, 5.41) is 0. The van der Waals surface area contributed by atoms with Crippen LogP contribution < -0.4 is 9.47 Å². The molecule has 0 saturated carbocycles. The lowest BCUT2D eigenvalue weighted by atomic mass is 10.0. The molecule has 0 unspecified atom stereocenters. The molecule has 0 N–H and O–H groups in total. The first kappa shape index (κ1) is 20.9. The first-order valence-electron chi connectivity index (χ1n) is 10.2. The number of benzene rings is 1. The second kappa shape index (κ2) is 8.77. The zero-order chi connectivity index (χ0) is 22.0. The molecule has 1 fully saturated rings. The molecule has 1 aromatic carbocycles. The third-order valence-electron chi connectivity index (χ3n) is 5.70. The lowest BCUT2D eigenvalue weighted by molar-refractivity contribution is -0.138. The first-order valence-corrected chi connectivity index (χ1v) is 10.2. The Bertz CT molecular complexity index is 1010. The predicted octanol–water partition coefficient (Wildman–Crippen LogP) is 1.63. The quantitative estimate of drug-likeness (QED) is 0.655. The number of carbonyl (C=O) groups is 2. The van der Waals surface area contributed by atoms with Crippen LogP contribution in [-0.2, 0) is 16.1 Å². The SMILES string of the molecule is COc1ccc(C2=C(N3CCN(C)CC3)C(=O)N(Cc3cccnc3)C2=O)cc1OC. The maximum Gasteiger partial charge on any atom is 0.278 e. The number of piperazine rings is 1.